The van der Waals surface area contributed by atoms with Crippen LogP contribution in [0.5, 0.6) is 11.5 Å². The third kappa shape index (κ3) is 42.1. The van der Waals surface area contributed by atoms with Crippen LogP contribution < -0.4 is 25.0 Å². The number of para-hydroxylation sites is 2. The molecule has 0 saturated carbocycles. The average Bonchev–Trinajstić information content (AvgIpc) is 0.774. The van der Waals surface area contributed by atoms with Gasteiger partial charge in [-0.25, -0.2) is 14.2 Å². The van der Waals surface area contributed by atoms with Crippen molar-refractivity contribution in [1.82, 2.24) is 16.0 Å². The molecule has 2 saturated heterocycles. The van der Waals surface area contributed by atoms with Gasteiger partial charge in [-0.2, -0.15) is 0 Å². The number of rotatable bonds is 56. The summed E-state index contributed by atoms with van der Waals surface area (Å²) in [5, 5.41) is 20.6. The van der Waals surface area contributed by atoms with Crippen LogP contribution in [0.2, 0.25) is 0 Å². The van der Waals surface area contributed by atoms with E-state index in [1.807, 2.05) is 0 Å². The zero-order valence-corrected chi connectivity index (χ0v) is 67.0. The molecule has 2 aromatic rings. The molecular weight excluding hydrogens is 1510 g/mol. The zero-order chi connectivity index (χ0) is 76.6. The fourth-order valence-corrected chi connectivity index (χ4v) is 13.7. The molecule has 10 atom stereocenters. The van der Waals surface area contributed by atoms with E-state index < -0.39 is 146 Å². The van der Waals surface area contributed by atoms with Crippen molar-refractivity contribution in [2.24, 2.45) is 0 Å². The molecule has 2 aliphatic rings. The molecule has 1 unspecified atom stereocenters. The molecule has 598 valence electrons. The van der Waals surface area contributed by atoms with Crippen LogP contribution in [0.25, 0.3) is 0 Å². The first-order chi connectivity index (χ1) is 50.5. The maximum absolute atomic E-state index is 15.6. The maximum Gasteiger partial charge on any atom is 0.588 e. The van der Waals surface area contributed by atoms with E-state index in [1.165, 1.54) is 107 Å². The van der Waals surface area contributed by atoms with Crippen LogP contribution in [0.4, 0.5) is 9.59 Å². The van der Waals surface area contributed by atoms with Crippen molar-refractivity contribution in [2.75, 3.05) is 39.6 Å². The first kappa shape index (κ1) is 93.3. The molecule has 4 N–H and O–H groups in total. The van der Waals surface area contributed by atoms with E-state index in [9.17, 15) is 33.9 Å². The number of hydrogen-bond donors (Lipinski definition) is 4. The lowest BCUT2D eigenvalue weighted by molar-refractivity contribution is -0.303. The van der Waals surface area contributed by atoms with Crippen molar-refractivity contribution < 1.29 is 94.6 Å². The number of amides is 3. The van der Waals surface area contributed by atoms with Gasteiger partial charge in [0.05, 0.1) is 13.2 Å². The van der Waals surface area contributed by atoms with Gasteiger partial charge in [0.2, 0.25) is 19.4 Å². The minimum Gasteiger partial charge on any atom is -0.457 e. The molecule has 0 bridgehead atoms. The molecule has 2 heterocycles. The molecule has 23 nitrogen and oxygen atoms in total. The topological polar surface area (TPSA) is 287 Å². The fourth-order valence-electron chi connectivity index (χ4n) is 11.9. The van der Waals surface area contributed by atoms with Crippen LogP contribution in [0.1, 0.15) is 239 Å². The highest BCUT2D eigenvalue weighted by Crippen LogP contribution is 2.53. The number of benzene rings is 2. The molecule has 105 heavy (non-hydrogen) atoms. The highest BCUT2D eigenvalue weighted by Gasteiger charge is 2.56. The van der Waals surface area contributed by atoms with E-state index in [4.69, 9.17) is 126 Å². The van der Waals surface area contributed by atoms with E-state index in [1.54, 1.807) is 36.4 Å². The van der Waals surface area contributed by atoms with Crippen LogP contribution in [-0.2, 0) is 70.9 Å². The lowest BCUT2D eigenvalue weighted by Crippen LogP contribution is -2.68. The predicted molar refractivity (Wildman–Crippen MR) is 407 cm³/mol. The van der Waals surface area contributed by atoms with Crippen LogP contribution in [0.15, 0.2) is 73.3 Å². The lowest BCUT2D eigenvalue weighted by atomic mass is 9.95. The Morgan fingerprint density at radius 3 is 1.39 bits per heavy atom. The second kappa shape index (κ2) is 54.5. The first-order valence-electron chi connectivity index (χ1n) is 37.9. The summed E-state index contributed by atoms with van der Waals surface area (Å²) in [6, 6.07) is 12.1. The second-order valence-corrected chi connectivity index (χ2v) is 33.1. The number of carbonyl (C=O) groups excluding carboxylic acids is 6. The zero-order valence-electron chi connectivity index (χ0n) is 61.5. The molecule has 4 rings (SSSR count). The lowest BCUT2D eigenvalue weighted by Gasteiger charge is -2.47. The Kier molecular flexibility index (Phi) is 48.5. The summed E-state index contributed by atoms with van der Waals surface area (Å²) in [5.74, 6) is -2.88. The third-order valence-electron chi connectivity index (χ3n) is 17.5. The van der Waals surface area contributed by atoms with Crippen molar-refractivity contribution in [3.8, 4) is 11.5 Å². The quantitative estimate of drug-likeness (QED) is 0.0119. The first-order valence-corrected chi connectivity index (χ1v) is 41.6. The Balaban J connectivity index is 1.79. The number of halogens is 6. The largest absolute Gasteiger partial charge is 0.588 e. The Hall–Kier alpha value is -4.07. The van der Waals surface area contributed by atoms with E-state index in [2.05, 4.69) is 43.3 Å². The van der Waals surface area contributed by atoms with E-state index in [0.717, 1.165) is 103 Å². The molecule has 0 spiro atoms. The highest BCUT2D eigenvalue weighted by molar-refractivity contribution is 7.49. The van der Waals surface area contributed by atoms with Crippen molar-refractivity contribution in [3.63, 3.8) is 0 Å². The minimum atomic E-state index is -5.19. The van der Waals surface area contributed by atoms with E-state index >= 15 is 4.57 Å². The molecule has 0 aromatic heterocycles. The van der Waals surface area contributed by atoms with Crippen molar-refractivity contribution in [1.29, 1.82) is 0 Å². The maximum atomic E-state index is 15.6. The molecule has 2 aliphatic heterocycles. The van der Waals surface area contributed by atoms with Gasteiger partial charge in [-0.05, 0) is 43.5 Å². The van der Waals surface area contributed by atoms with Gasteiger partial charge in [-0.1, -0.05) is 313 Å². The van der Waals surface area contributed by atoms with Crippen molar-refractivity contribution in [2.45, 2.75) is 308 Å². The summed E-state index contributed by atoms with van der Waals surface area (Å²) in [4.78, 5) is 83.6. The Morgan fingerprint density at radius 2 is 0.914 bits per heavy atom. The smallest absolute Gasteiger partial charge is 0.457 e. The Labute approximate surface area is 652 Å². The molecular formula is C75H116Cl6N3O20P. The summed E-state index contributed by atoms with van der Waals surface area (Å²) in [7, 11) is -5.19. The number of ether oxygens (including phenoxy) is 9. The summed E-state index contributed by atoms with van der Waals surface area (Å²) >= 11 is 35.9. The number of phosphoric ester groups is 1. The van der Waals surface area contributed by atoms with Gasteiger partial charge < -0.3 is 72.7 Å². The number of hydrogen-bond acceptors (Lipinski definition) is 20. The van der Waals surface area contributed by atoms with Gasteiger partial charge in [0.25, 0.3) is 0 Å². The van der Waals surface area contributed by atoms with Gasteiger partial charge >= 0.3 is 32.0 Å². The predicted octanol–water partition coefficient (Wildman–Crippen LogP) is 18.4. The number of aliphatic hydroxyl groups is 1. The number of alkyl halides is 6. The summed E-state index contributed by atoms with van der Waals surface area (Å²) in [5.41, 5.74) is 0. The van der Waals surface area contributed by atoms with E-state index in [-0.39, 0.29) is 37.4 Å². The third-order valence-corrected chi connectivity index (χ3v) is 19.5. The number of unbranched alkanes of at least 4 members (excludes halogenated alkanes) is 28. The number of esters is 2. The summed E-state index contributed by atoms with van der Waals surface area (Å²) < 4.78 is 83.7. The molecule has 0 aliphatic carbocycles. The number of nitrogens with one attached hydrogen (secondary N) is 3. The van der Waals surface area contributed by atoms with Gasteiger partial charge in [0.15, 0.2) is 24.8 Å². The van der Waals surface area contributed by atoms with Crippen LogP contribution in [-0.4, -0.2) is 150 Å². The van der Waals surface area contributed by atoms with Gasteiger partial charge in [0.1, 0.15) is 74.4 Å². The molecule has 0 radical (unpaired) electrons. The normalized spacial score (nSPS) is 20.4. The number of aliphatic hydroxyl groups excluding tert-OH is 1. The highest BCUT2D eigenvalue weighted by atomic mass is 35.6. The van der Waals surface area contributed by atoms with Crippen LogP contribution in [0.3, 0.4) is 0 Å². The van der Waals surface area contributed by atoms with Crippen molar-refractivity contribution >= 4 is 113 Å². The number of phosphoric acid groups is 1. The summed E-state index contributed by atoms with van der Waals surface area (Å²) in [6.45, 7) is 5.97. The van der Waals surface area contributed by atoms with Gasteiger partial charge in [0, 0.05) is 19.3 Å². The Bertz CT molecular complexity index is 2740. The van der Waals surface area contributed by atoms with Crippen LogP contribution >= 0.6 is 77.4 Å². The summed E-state index contributed by atoms with van der Waals surface area (Å²) in [6.07, 6.45) is 16.4. The van der Waals surface area contributed by atoms with Crippen LogP contribution in [0, 0.1) is 0 Å². The Morgan fingerprint density at radius 1 is 0.495 bits per heavy atom. The van der Waals surface area contributed by atoms with E-state index in [0.29, 0.717) is 19.3 Å². The fraction of sp³-hybridized carbons (Fsp3) is 0.733. The SMILES string of the molecule is C=CCO[C@H]1O[C@H](COC2O[C@H](COC(=O)OCC(Cl)(Cl)Cl)[C@@H](OP(=O)(Oc3ccccc3)Oc3ccccc3)[C@H](OC(=O)CNC(=O)CCCCCCCCCCC)[C@H]2NC(=O)OCC(Cl)(Cl)Cl)[C@@H](O)[C@H](OC(=O)CCCCCCCCCCCCC)[C@H]1NC(=O)CCCCCCCCCCCCC. The minimum absolute atomic E-state index is 0.0228. The number of alkyl carbamates (subject to hydrolysis) is 1. The number of carbonyl (C=O) groups is 6. The monoisotopic (exact) mass is 1620 g/mol. The van der Waals surface area contributed by atoms with Gasteiger partial charge in [-0.3, -0.25) is 23.7 Å². The van der Waals surface area contributed by atoms with Gasteiger partial charge in [-0.15, -0.1) is 6.58 Å². The van der Waals surface area contributed by atoms with Crippen molar-refractivity contribution in [3.05, 3.63) is 73.3 Å². The molecule has 2 fully saturated rings. The average molecular weight is 1620 g/mol. The molecule has 30 heteroatoms. The molecule has 3 amide bonds. The molecule has 2 aromatic carbocycles. The second-order valence-electron chi connectivity index (χ2n) is 26.6. The standard InChI is InChI=1S/C75H116Cl6N3O20P/c1-5-9-12-15-18-21-23-26-29-32-41-48-61(86)83-64-68(100-62(87)49-42-33-30-27-24-22-19-16-13-10-6-2)66(89)58(98-70(64)93-50-8-4)52-94-71-65(84-72(90)96-54-74(76,77)78)69(101-63(88)51-82-60(85)47-40-31-28-25-20-17-14-11-7-3)67(59(99-71)53-95-73(91)97-55-75(79,80)81)104-105(92,102-56-43-36-34-37-44-56)103-57-45-38-35-39-46-57/h8,34-39,43-46,58-59,64-71,89H,4-7,9-33,40-42,47-55H2,1-3H3,(H,82,85)(H,83,86)(H,84,90)/t58-,59-,64-,65-,66-,67-,68-,69-,70+,71?/m1/s1.